The number of hydrogen-bond acceptors (Lipinski definition) is 3. The van der Waals surface area contributed by atoms with Crippen molar-refractivity contribution in [2.24, 2.45) is 0 Å². The first-order valence-electron chi connectivity index (χ1n) is 5.96. The Morgan fingerprint density at radius 3 is 2.50 bits per heavy atom. The summed E-state index contributed by atoms with van der Waals surface area (Å²) in [6.07, 6.45) is 5.41. The zero-order valence-corrected chi connectivity index (χ0v) is 11.0. The number of aryl methyl sites for hydroxylation is 1. The van der Waals surface area contributed by atoms with Gasteiger partial charge in [-0.3, -0.25) is 4.98 Å². The van der Waals surface area contributed by atoms with E-state index < -0.39 is 0 Å². The second kappa shape index (κ2) is 6.36. The van der Waals surface area contributed by atoms with Gasteiger partial charge in [-0.2, -0.15) is 0 Å². The molecule has 0 aliphatic heterocycles. The number of hydrogen-bond donors (Lipinski definition) is 0. The van der Waals surface area contributed by atoms with Gasteiger partial charge in [0.25, 0.3) is 0 Å². The molecule has 0 unspecified atom stereocenters. The lowest BCUT2D eigenvalue weighted by Gasteiger charge is -2.07. The molecule has 0 saturated heterocycles. The molecule has 0 N–H and O–H groups in total. The van der Waals surface area contributed by atoms with Crippen LogP contribution in [0.25, 0.3) is 0 Å². The van der Waals surface area contributed by atoms with Gasteiger partial charge in [-0.1, -0.05) is 37.1 Å². The summed E-state index contributed by atoms with van der Waals surface area (Å²) in [6.45, 7) is 2.50. The molecule has 1 aromatic carbocycles. The summed E-state index contributed by atoms with van der Waals surface area (Å²) >= 11 is 5.90. The molecular formula is C14H15ClN2O. The van der Waals surface area contributed by atoms with Gasteiger partial charge in [0.2, 0.25) is 0 Å². The van der Waals surface area contributed by atoms with Gasteiger partial charge in [0.1, 0.15) is 18.1 Å². The minimum atomic E-state index is 0.333. The van der Waals surface area contributed by atoms with Crippen molar-refractivity contribution in [1.29, 1.82) is 0 Å². The predicted molar refractivity (Wildman–Crippen MR) is 71.8 cm³/mol. The molecule has 1 aromatic heterocycles. The molecule has 0 fully saturated rings. The standard InChI is InChI=1S/C14H15ClN2O/c1-2-3-11-4-6-12(7-5-11)18-10-13-14(15)17-9-8-16-13/h4-9H,2-3,10H2,1H3. The van der Waals surface area contributed by atoms with E-state index in [1.807, 2.05) is 12.1 Å². The number of nitrogens with zero attached hydrogens (tertiary/aromatic N) is 2. The Balaban J connectivity index is 1.96. The first kappa shape index (κ1) is 12.8. The second-order valence-corrected chi connectivity index (χ2v) is 4.33. The summed E-state index contributed by atoms with van der Waals surface area (Å²) in [4.78, 5) is 8.07. The Morgan fingerprint density at radius 2 is 1.83 bits per heavy atom. The van der Waals surface area contributed by atoms with E-state index in [9.17, 15) is 0 Å². The third-order valence-corrected chi connectivity index (χ3v) is 2.88. The van der Waals surface area contributed by atoms with Crippen molar-refractivity contribution in [3.8, 4) is 5.75 Å². The molecule has 0 saturated carbocycles. The fourth-order valence-corrected chi connectivity index (χ4v) is 1.80. The van der Waals surface area contributed by atoms with Crippen molar-refractivity contribution in [3.63, 3.8) is 0 Å². The summed E-state index contributed by atoms with van der Waals surface area (Å²) < 4.78 is 5.62. The second-order valence-electron chi connectivity index (χ2n) is 3.98. The lowest BCUT2D eigenvalue weighted by molar-refractivity contribution is 0.301. The van der Waals surface area contributed by atoms with E-state index in [1.165, 1.54) is 5.56 Å². The van der Waals surface area contributed by atoms with Gasteiger partial charge < -0.3 is 4.74 Å². The smallest absolute Gasteiger partial charge is 0.154 e. The maximum absolute atomic E-state index is 5.90. The molecule has 18 heavy (non-hydrogen) atoms. The highest BCUT2D eigenvalue weighted by Crippen LogP contribution is 2.16. The monoisotopic (exact) mass is 262 g/mol. The molecule has 0 radical (unpaired) electrons. The van der Waals surface area contributed by atoms with Gasteiger partial charge in [-0.05, 0) is 24.1 Å². The Bertz CT molecular complexity index is 499. The molecule has 0 bridgehead atoms. The van der Waals surface area contributed by atoms with Crippen LogP contribution < -0.4 is 4.74 Å². The molecule has 1 heterocycles. The van der Waals surface area contributed by atoms with Crippen LogP contribution in [0.1, 0.15) is 24.6 Å². The van der Waals surface area contributed by atoms with Crippen molar-refractivity contribution in [2.45, 2.75) is 26.4 Å². The maximum atomic E-state index is 5.90. The van der Waals surface area contributed by atoms with Crippen molar-refractivity contribution in [3.05, 3.63) is 53.1 Å². The first-order chi connectivity index (χ1) is 8.79. The number of halogens is 1. The highest BCUT2D eigenvalue weighted by atomic mass is 35.5. The summed E-state index contributed by atoms with van der Waals surface area (Å²) in [7, 11) is 0. The predicted octanol–water partition coefficient (Wildman–Crippen LogP) is 3.66. The largest absolute Gasteiger partial charge is 0.487 e. The lowest BCUT2D eigenvalue weighted by Crippen LogP contribution is -2.00. The topological polar surface area (TPSA) is 35.0 Å². The number of aromatic nitrogens is 2. The fraction of sp³-hybridized carbons (Fsp3) is 0.286. The van der Waals surface area contributed by atoms with Crippen LogP contribution in [-0.2, 0) is 13.0 Å². The normalized spacial score (nSPS) is 10.3. The fourth-order valence-electron chi connectivity index (χ4n) is 1.64. The molecule has 0 aliphatic carbocycles. The Labute approximate surface area is 112 Å². The highest BCUT2D eigenvalue weighted by Gasteiger charge is 2.03. The molecule has 0 aliphatic rings. The molecule has 0 amide bonds. The van der Waals surface area contributed by atoms with Crippen LogP contribution in [0.5, 0.6) is 5.75 Å². The molecule has 3 nitrogen and oxygen atoms in total. The summed E-state index contributed by atoms with van der Waals surface area (Å²) in [5, 5.41) is 0.389. The molecule has 0 atom stereocenters. The third-order valence-electron chi connectivity index (χ3n) is 2.56. The molecule has 2 aromatic rings. The van der Waals surface area contributed by atoms with Crippen LogP contribution in [0.3, 0.4) is 0 Å². The van der Waals surface area contributed by atoms with Crippen molar-refractivity contribution in [2.75, 3.05) is 0 Å². The first-order valence-corrected chi connectivity index (χ1v) is 6.34. The number of rotatable bonds is 5. The van der Waals surface area contributed by atoms with Crippen LogP contribution >= 0.6 is 11.6 Å². The van der Waals surface area contributed by atoms with Crippen LogP contribution in [0.4, 0.5) is 0 Å². The number of benzene rings is 1. The summed E-state index contributed by atoms with van der Waals surface area (Å²) in [6, 6.07) is 8.10. The minimum Gasteiger partial charge on any atom is -0.487 e. The number of ether oxygens (including phenoxy) is 1. The van der Waals surface area contributed by atoms with Crippen LogP contribution in [-0.4, -0.2) is 9.97 Å². The average Bonchev–Trinajstić information content (AvgIpc) is 2.40. The summed E-state index contributed by atoms with van der Waals surface area (Å²) in [5.41, 5.74) is 1.97. The molecular weight excluding hydrogens is 248 g/mol. The van der Waals surface area contributed by atoms with Crippen molar-refractivity contribution in [1.82, 2.24) is 9.97 Å². The van der Waals surface area contributed by atoms with Gasteiger partial charge in [0.05, 0.1) is 0 Å². The van der Waals surface area contributed by atoms with Crippen LogP contribution in [0.2, 0.25) is 5.15 Å². The van der Waals surface area contributed by atoms with Gasteiger partial charge >= 0.3 is 0 Å². The van der Waals surface area contributed by atoms with Crippen molar-refractivity contribution >= 4 is 11.6 Å². The van der Waals surface area contributed by atoms with E-state index >= 15 is 0 Å². The van der Waals surface area contributed by atoms with Gasteiger partial charge in [0.15, 0.2) is 5.15 Å². The van der Waals surface area contributed by atoms with E-state index in [1.54, 1.807) is 12.4 Å². The SMILES string of the molecule is CCCc1ccc(OCc2nccnc2Cl)cc1. The van der Waals surface area contributed by atoms with Crippen molar-refractivity contribution < 1.29 is 4.74 Å². The third kappa shape index (κ3) is 3.44. The average molecular weight is 263 g/mol. The summed E-state index contributed by atoms with van der Waals surface area (Å²) in [5.74, 6) is 0.816. The zero-order chi connectivity index (χ0) is 12.8. The van der Waals surface area contributed by atoms with Gasteiger partial charge in [-0.15, -0.1) is 0 Å². The zero-order valence-electron chi connectivity index (χ0n) is 10.3. The molecule has 4 heteroatoms. The van der Waals surface area contributed by atoms with E-state index in [2.05, 4.69) is 29.0 Å². The van der Waals surface area contributed by atoms with Crippen LogP contribution in [0.15, 0.2) is 36.7 Å². The minimum absolute atomic E-state index is 0.333. The Hall–Kier alpha value is -1.61. The van der Waals surface area contributed by atoms with Gasteiger partial charge in [-0.25, -0.2) is 4.98 Å². The maximum Gasteiger partial charge on any atom is 0.154 e. The van der Waals surface area contributed by atoms with E-state index in [0.717, 1.165) is 18.6 Å². The Morgan fingerprint density at radius 1 is 1.11 bits per heavy atom. The quantitative estimate of drug-likeness (QED) is 0.825. The Kier molecular flexibility index (Phi) is 4.53. The molecule has 2 rings (SSSR count). The molecule has 0 spiro atoms. The van der Waals surface area contributed by atoms with E-state index in [0.29, 0.717) is 17.5 Å². The van der Waals surface area contributed by atoms with Gasteiger partial charge in [0, 0.05) is 12.4 Å². The lowest BCUT2D eigenvalue weighted by atomic mass is 10.1. The van der Waals surface area contributed by atoms with E-state index in [4.69, 9.17) is 16.3 Å². The molecule has 94 valence electrons. The highest BCUT2D eigenvalue weighted by molar-refractivity contribution is 6.29. The van der Waals surface area contributed by atoms with Crippen LogP contribution in [0, 0.1) is 0 Å². The van der Waals surface area contributed by atoms with E-state index in [-0.39, 0.29) is 0 Å².